The Hall–Kier alpha value is -0.160. The molecule has 4 heteroatoms. The summed E-state index contributed by atoms with van der Waals surface area (Å²) in [6, 6.07) is 0. The van der Waals surface area contributed by atoms with Gasteiger partial charge in [0, 0.05) is 18.8 Å². The van der Waals surface area contributed by atoms with Gasteiger partial charge in [-0.25, -0.2) is 0 Å². The summed E-state index contributed by atoms with van der Waals surface area (Å²) >= 11 is 0. The van der Waals surface area contributed by atoms with Gasteiger partial charge in [0.2, 0.25) is 0 Å². The highest BCUT2D eigenvalue weighted by atomic mass is 16.5. The molecule has 1 rings (SSSR count). The van der Waals surface area contributed by atoms with Crippen LogP contribution in [0.3, 0.4) is 0 Å². The van der Waals surface area contributed by atoms with E-state index in [1.165, 1.54) is 0 Å². The van der Waals surface area contributed by atoms with Crippen molar-refractivity contribution in [2.75, 3.05) is 33.0 Å². The first-order valence-electron chi connectivity index (χ1n) is 6.25. The molecule has 0 spiro atoms. The highest BCUT2D eigenvalue weighted by Gasteiger charge is 2.21. The van der Waals surface area contributed by atoms with Crippen molar-refractivity contribution in [2.24, 2.45) is 0 Å². The Bertz CT molecular complexity index is 183. The van der Waals surface area contributed by atoms with Crippen molar-refractivity contribution in [1.29, 1.82) is 0 Å². The molecule has 0 bridgehead atoms. The van der Waals surface area contributed by atoms with E-state index in [0.717, 1.165) is 45.6 Å². The third-order valence-corrected chi connectivity index (χ3v) is 3.07. The van der Waals surface area contributed by atoms with Crippen molar-refractivity contribution < 1.29 is 14.6 Å². The van der Waals surface area contributed by atoms with Gasteiger partial charge in [0.25, 0.3) is 0 Å². The first-order chi connectivity index (χ1) is 7.70. The molecular weight excluding hydrogens is 206 g/mol. The summed E-state index contributed by atoms with van der Waals surface area (Å²) in [5.74, 6) is 0. The van der Waals surface area contributed by atoms with Crippen LogP contribution in [0.4, 0.5) is 0 Å². The number of ether oxygens (including phenoxy) is 2. The van der Waals surface area contributed by atoms with Crippen LogP contribution in [0.5, 0.6) is 0 Å². The Morgan fingerprint density at radius 3 is 2.94 bits per heavy atom. The summed E-state index contributed by atoms with van der Waals surface area (Å²) in [6.45, 7) is 7.49. The highest BCUT2D eigenvalue weighted by molar-refractivity contribution is 4.81. The standard InChI is InChI=1S/C12H25NO3/c1-3-13-12(2,10-14)6-4-7-16-11-5-8-15-9-11/h11,13-14H,3-10H2,1-2H3. The van der Waals surface area contributed by atoms with Gasteiger partial charge in [0.15, 0.2) is 0 Å². The van der Waals surface area contributed by atoms with Crippen molar-refractivity contribution in [1.82, 2.24) is 5.32 Å². The molecule has 1 aliphatic heterocycles. The predicted molar refractivity (Wildman–Crippen MR) is 63.6 cm³/mol. The maximum atomic E-state index is 9.30. The van der Waals surface area contributed by atoms with E-state index < -0.39 is 0 Å². The van der Waals surface area contributed by atoms with Crippen LogP contribution in [0.25, 0.3) is 0 Å². The summed E-state index contributed by atoms with van der Waals surface area (Å²) in [5.41, 5.74) is -0.162. The van der Waals surface area contributed by atoms with Crippen LogP contribution in [-0.4, -0.2) is 49.7 Å². The van der Waals surface area contributed by atoms with E-state index in [0.29, 0.717) is 6.10 Å². The van der Waals surface area contributed by atoms with E-state index in [-0.39, 0.29) is 12.1 Å². The second-order valence-electron chi connectivity index (χ2n) is 4.71. The van der Waals surface area contributed by atoms with Gasteiger partial charge in [-0.3, -0.25) is 0 Å². The molecule has 0 saturated carbocycles. The molecule has 0 aromatic carbocycles. The van der Waals surface area contributed by atoms with Gasteiger partial charge in [-0.1, -0.05) is 6.92 Å². The molecule has 4 nitrogen and oxygen atoms in total. The lowest BCUT2D eigenvalue weighted by molar-refractivity contribution is 0.0358. The largest absolute Gasteiger partial charge is 0.394 e. The molecule has 16 heavy (non-hydrogen) atoms. The zero-order valence-electron chi connectivity index (χ0n) is 10.5. The maximum Gasteiger partial charge on any atom is 0.0830 e. The molecule has 1 fully saturated rings. The van der Waals surface area contributed by atoms with Gasteiger partial charge in [-0.15, -0.1) is 0 Å². The molecule has 2 unspecified atom stereocenters. The van der Waals surface area contributed by atoms with E-state index in [1.54, 1.807) is 0 Å². The predicted octanol–water partition coefficient (Wildman–Crippen LogP) is 0.933. The van der Waals surface area contributed by atoms with Gasteiger partial charge in [0.1, 0.15) is 0 Å². The first kappa shape index (κ1) is 13.9. The molecule has 1 heterocycles. The van der Waals surface area contributed by atoms with Crippen molar-refractivity contribution in [3.63, 3.8) is 0 Å². The molecule has 0 radical (unpaired) electrons. The van der Waals surface area contributed by atoms with Gasteiger partial charge in [-0.05, 0) is 32.7 Å². The second-order valence-corrected chi connectivity index (χ2v) is 4.71. The summed E-state index contributed by atoms with van der Waals surface area (Å²) in [6.07, 6.45) is 3.22. The van der Waals surface area contributed by atoms with Crippen LogP contribution < -0.4 is 5.32 Å². The third-order valence-electron chi connectivity index (χ3n) is 3.07. The van der Waals surface area contributed by atoms with Crippen LogP contribution in [0.15, 0.2) is 0 Å². The zero-order chi connectivity index (χ0) is 11.9. The lowest BCUT2D eigenvalue weighted by Gasteiger charge is -2.28. The summed E-state index contributed by atoms with van der Waals surface area (Å²) in [5, 5.41) is 12.6. The van der Waals surface area contributed by atoms with Gasteiger partial charge in [-0.2, -0.15) is 0 Å². The molecule has 0 aromatic rings. The molecule has 1 aliphatic rings. The molecule has 0 aliphatic carbocycles. The minimum absolute atomic E-state index is 0.162. The second kappa shape index (κ2) is 7.22. The molecule has 0 amide bonds. The van der Waals surface area contributed by atoms with E-state index in [9.17, 15) is 5.11 Å². The molecule has 2 N–H and O–H groups in total. The Morgan fingerprint density at radius 1 is 1.56 bits per heavy atom. The van der Waals surface area contributed by atoms with E-state index >= 15 is 0 Å². The third kappa shape index (κ3) is 4.78. The normalized spacial score (nSPS) is 24.6. The fourth-order valence-electron chi connectivity index (χ4n) is 2.01. The van der Waals surface area contributed by atoms with E-state index in [4.69, 9.17) is 9.47 Å². The number of rotatable bonds is 8. The average Bonchev–Trinajstić information content (AvgIpc) is 2.78. The van der Waals surface area contributed by atoms with E-state index in [2.05, 4.69) is 19.2 Å². The smallest absolute Gasteiger partial charge is 0.0830 e. The van der Waals surface area contributed by atoms with Crippen molar-refractivity contribution >= 4 is 0 Å². The van der Waals surface area contributed by atoms with Crippen LogP contribution in [0.1, 0.15) is 33.1 Å². The van der Waals surface area contributed by atoms with Crippen LogP contribution in [-0.2, 0) is 9.47 Å². The number of nitrogens with one attached hydrogen (secondary N) is 1. The van der Waals surface area contributed by atoms with Crippen molar-refractivity contribution in [3.8, 4) is 0 Å². The maximum absolute atomic E-state index is 9.30. The number of aliphatic hydroxyl groups excluding tert-OH is 1. The number of hydrogen-bond donors (Lipinski definition) is 2. The quantitative estimate of drug-likeness (QED) is 0.610. The SMILES string of the molecule is CCNC(C)(CO)CCCOC1CCOC1. The van der Waals surface area contributed by atoms with Crippen LogP contribution >= 0.6 is 0 Å². The Balaban J connectivity index is 2.08. The first-order valence-corrected chi connectivity index (χ1v) is 6.25. The molecule has 2 atom stereocenters. The zero-order valence-corrected chi connectivity index (χ0v) is 10.5. The monoisotopic (exact) mass is 231 g/mol. The molecule has 0 aromatic heterocycles. The lowest BCUT2D eigenvalue weighted by atomic mass is 9.97. The van der Waals surface area contributed by atoms with Crippen LogP contribution in [0.2, 0.25) is 0 Å². The van der Waals surface area contributed by atoms with Gasteiger partial charge in [0.05, 0.1) is 19.3 Å². The fraction of sp³-hybridized carbons (Fsp3) is 1.00. The minimum atomic E-state index is -0.162. The average molecular weight is 231 g/mol. The number of likely N-dealkylation sites (N-methyl/N-ethyl adjacent to an activating group) is 1. The van der Waals surface area contributed by atoms with E-state index in [1.807, 2.05) is 0 Å². The topological polar surface area (TPSA) is 50.7 Å². The Morgan fingerprint density at radius 2 is 2.38 bits per heavy atom. The fourth-order valence-corrected chi connectivity index (χ4v) is 2.01. The number of aliphatic hydroxyl groups is 1. The van der Waals surface area contributed by atoms with Crippen molar-refractivity contribution in [3.05, 3.63) is 0 Å². The molecular formula is C12H25NO3. The van der Waals surface area contributed by atoms with Gasteiger partial charge < -0.3 is 19.9 Å². The molecule has 1 saturated heterocycles. The van der Waals surface area contributed by atoms with Crippen molar-refractivity contribution in [2.45, 2.75) is 44.8 Å². The summed E-state index contributed by atoms with van der Waals surface area (Å²) < 4.78 is 10.9. The highest BCUT2D eigenvalue weighted by Crippen LogP contribution is 2.13. The number of hydrogen-bond acceptors (Lipinski definition) is 4. The molecule has 96 valence electrons. The minimum Gasteiger partial charge on any atom is -0.394 e. The van der Waals surface area contributed by atoms with Gasteiger partial charge >= 0.3 is 0 Å². The Kier molecular flexibility index (Phi) is 6.28. The summed E-state index contributed by atoms with van der Waals surface area (Å²) in [7, 11) is 0. The lowest BCUT2D eigenvalue weighted by Crippen LogP contribution is -2.45. The summed E-state index contributed by atoms with van der Waals surface area (Å²) in [4.78, 5) is 0. The Labute approximate surface area is 98.3 Å². The van der Waals surface area contributed by atoms with Crippen LogP contribution in [0, 0.1) is 0 Å².